The minimum atomic E-state index is -3.41. The third-order valence-corrected chi connectivity index (χ3v) is 5.36. The van der Waals surface area contributed by atoms with E-state index in [1.165, 1.54) is 29.5 Å². The highest BCUT2D eigenvalue weighted by Crippen LogP contribution is 2.25. The molecule has 0 aliphatic rings. The van der Waals surface area contributed by atoms with E-state index in [0.717, 1.165) is 10.7 Å². The minimum Gasteiger partial charge on any atom is -0.320 e. The molecule has 1 aromatic heterocycles. The molecule has 0 aliphatic heterocycles. The summed E-state index contributed by atoms with van der Waals surface area (Å²) in [6.07, 6.45) is 4.03. The van der Waals surface area contributed by atoms with E-state index in [4.69, 9.17) is 0 Å². The molecule has 1 N–H and O–H groups in total. The number of carbonyl (C=O) groups is 1. The zero-order valence-electron chi connectivity index (χ0n) is 14.0. The molecule has 134 valence electrons. The van der Waals surface area contributed by atoms with Crippen LogP contribution >= 0.6 is 15.9 Å². The Labute approximate surface area is 159 Å². The van der Waals surface area contributed by atoms with Crippen molar-refractivity contribution in [1.82, 2.24) is 14.8 Å². The topological polar surface area (TPSA) is 94.0 Å². The van der Waals surface area contributed by atoms with Gasteiger partial charge in [-0.3, -0.25) is 4.79 Å². The van der Waals surface area contributed by atoms with Gasteiger partial charge in [0.25, 0.3) is 5.91 Å². The lowest BCUT2D eigenvalue weighted by atomic mass is 10.1. The van der Waals surface area contributed by atoms with E-state index in [0.29, 0.717) is 16.9 Å². The molecule has 3 rings (SSSR count). The molecule has 0 saturated carbocycles. The molecule has 7 nitrogen and oxygen atoms in total. The van der Waals surface area contributed by atoms with E-state index in [1.807, 2.05) is 6.07 Å². The largest absolute Gasteiger partial charge is 0.320 e. The summed E-state index contributed by atoms with van der Waals surface area (Å²) in [5.74, 6) is -0.410. The van der Waals surface area contributed by atoms with Crippen LogP contribution < -0.4 is 5.32 Å². The van der Waals surface area contributed by atoms with Gasteiger partial charge in [0.05, 0.1) is 16.3 Å². The van der Waals surface area contributed by atoms with Gasteiger partial charge in [-0.1, -0.05) is 22.0 Å². The third-order valence-electron chi connectivity index (χ3n) is 3.75. The first-order chi connectivity index (χ1) is 12.3. The van der Waals surface area contributed by atoms with Gasteiger partial charge in [-0.2, -0.15) is 5.10 Å². The second-order valence-electron chi connectivity index (χ2n) is 5.70. The maximum Gasteiger partial charge on any atom is 0.256 e. The van der Waals surface area contributed by atoms with E-state index in [9.17, 15) is 13.2 Å². The molecular formula is C17H15BrN4O3S. The van der Waals surface area contributed by atoms with Crippen LogP contribution in [-0.4, -0.2) is 35.3 Å². The Bertz CT molecular complexity index is 1080. The fourth-order valence-electron chi connectivity index (χ4n) is 2.41. The molecule has 1 amide bonds. The highest BCUT2D eigenvalue weighted by Gasteiger charge is 2.16. The highest BCUT2D eigenvalue weighted by molar-refractivity contribution is 9.10. The van der Waals surface area contributed by atoms with Gasteiger partial charge in [0.2, 0.25) is 0 Å². The van der Waals surface area contributed by atoms with E-state index < -0.39 is 15.7 Å². The van der Waals surface area contributed by atoms with E-state index >= 15 is 0 Å². The maximum atomic E-state index is 12.8. The van der Waals surface area contributed by atoms with Crippen molar-refractivity contribution in [3.63, 3.8) is 0 Å². The number of amides is 1. The summed E-state index contributed by atoms with van der Waals surface area (Å²) in [6.45, 7) is 1.75. The molecule has 3 aromatic rings. The fourth-order valence-corrected chi connectivity index (χ4v) is 3.42. The number of nitrogens with zero attached hydrogens (tertiary/aromatic N) is 3. The lowest BCUT2D eigenvalue weighted by Crippen LogP contribution is -2.16. The number of rotatable bonds is 4. The number of benzene rings is 2. The Morgan fingerprint density at radius 2 is 1.96 bits per heavy atom. The summed E-state index contributed by atoms with van der Waals surface area (Å²) in [7, 11) is -3.41. The Balaban J connectivity index is 2.00. The SMILES string of the molecule is Cc1ccc(S(C)(=O)=O)cc1C(=O)Nc1cc(Br)ccc1-n1cncn1. The van der Waals surface area contributed by atoms with Crippen LogP contribution in [0.4, 0.5) is 5.69 Å². The summed E-state index contributed by atoms with van der Waals surface area (Å²) in [4.78, 5) is 16.8. The molecule has 0 aliphatic carbocycles. The predicted molar refractivity (Wildman–Crippen MR) is 101 cm³/mol. The van der Waals surface area contributed by atoms with Gasteiger partial charge in [-0.05, 0) is 42.8 Å². The summed E-state index contributed by atoms with van der Waals surface area (Å²) < 4.78 is 25.9. The van der Waals surface area contributed by atoms with Gasteiger partial charge in [0, 0.05) is 16.3 Å². The fraction of sp³-hybridized carbons (Fsp3) is 0.118. The molecule has 0 unspecified atom stereocenters. The Kier molecular flexibility index (Phi) is 4.92. The van der Waals surface area contributed by atoms with Crippen LogP contribution in [0.15, 0.2) is 58.4 Å². The van der Waals surface area contributed by atoms with Crippen molar-refractivity contribution in [2.75, 3.05) is 11.6 Å². The molecule has 2 aromatic carbocycles. The van der Waals surface area contributed by atoms with Crippen LogP contribution in [0.1, 0.15) is 15.9 Å². The average molecular weight is 435 g/mol. The van der Waals surface area contributed by atoms with Gasteiger partial charge in [-0.25, -0.2) is 18.1 Å². The second-order valence-corrected chi connectivity index (χ2v) is 8.64. The Morgan fingerprint density at radius 3 is 2.62 bits per heavy atom. The summed E-state index contributed by atoms with van der Waals surface area (Å²) >= 11 is 3.38. The van der Waals surface area contributed by atoms with Crippen molar-refractivity contribution >= 4 is 37.4 Å². The average Bonchev–Trinajstić information content (AvgIpc) is 3.08. The molecule has 0 atom stereocenters. The molecule has 9 heteroatoms. The van der Waals surface area contributed by atoms with Crippen LogP contribution in [0.5, 0.6) is 0 Å². The quantitative estimate of drug-likeness (QED) is 0.680. The smallest absolute Gasteiger partial charge is 0.256 e. The van der Waals surface area contributed by atoms with E-state index in [1.54, 1.807) is 25.1 Å². The second kappa shape index (κ2) is 7.00. The van der Waals surface area contributed by atoms with Crippen LogP contribution in [-0.2, 0) is 9.84 Å². The summed E-state index contributed by atoms with van der Waals surface area (Å²) in [5, 5.41) is 6.90. The molecule has 0 radical (unpaired) electrons. The molecule has 0 fully saturated rings. The van der Waals surface area contributed by atoms with Crippen molar-refractivity contribution in [3.8, 4) is 5.69 Å². The maximum absolute atomic E-state index is 12.8. The lowest BCUT2D eigenvalue weighted by molar-refractivity contribution is 0.102. The number of nitrogens with one attached hydrogen (secondary N) is 1. The van der Waals surface area contributed by atoms with Gasteiger partial charge < -0.3 is 5.32 Å². The van der Waals surface area contributed by atoms with Crippen LogP contribution in [0.25, 0.3) is 5.69 Å². The first-order valence-corrected chi connectivity index (χ1v) is 10.2. The molecule has 26 heavy (non-hydrogen) atoms. The zero-order chi connectivity index (χ0) is 18.9. The number of anilines is 1. The number of hydrogen-bond acceptors (Lipinski definition) is 5. The van der Waals surface area contributed by atoms with Gasteiger partial charge >= 0.3 is 0 Å². The van der Waals surface area contributed by atoms with Crippen molar-refractivity contribution < 1.29 is 13.2 Å². The number of sulfone groups is 1. The van der Waals surface area contributed by atoms with E-state index in [-0.39, 0.29) is 10.5 Å². The van der Waals surface area contributed by atoms with Gasteiger partial charge in [0.1, 0.15) is 12.7 Å². The number of halogens is 1. The summed E-state index contributed by atoms with van der Waals surface area (Å²) in [5.41, 5.74) is 2.11. The normalized spacial score (nSPS) is 11.3. The first-order valence-electron chi connectivity index (χ1n) is 7.52. The lowest BCUT2D eigenvalue weighted by Gasteiger charge is -2.13. The standard InChI is InChI=1S/C17H15BrN4O3S/c1-11-3-5-13(26(2,24)25)8-14(11)17(23)21-15-7-12(18)4-6-16(15)22-10-19-9-20-22/h3-10H,1-2H3,(H,21,23). The number of aryl methyl sites for hydroxylation is 1. The van der Waals surface area contributed by atoms with Crippen molar-refractivity contribution in [2.45, 2.75) is 11.8 Å². The van der Waals surface area contributed by atoms with Crippen LogP contribution in [0.3, 0.4) is 0 Å². The summed E-state index contributed by atoms with van der Waals surface area (Å²) in [6, 6.07) is 9.83. The van der Waals surface area contributed by atoms with Gasteiger partial charge in [0.15, 0.2) is 9.84 Å². The predicted octanol–water partition coefficient (Wildman–Crippen LogP) is 2.99. The van der Waals surface area contributed by atoms with Crippen molar-refractivity contribution in [2.24, 2.45) is 0 Å². The Morgan fingerprint density at radius 1 is 1.19 bits per heavy atom. The Hall–Kier alpha value is -2.52. The third kappa shape index (κ3) is 3.83. The number of aromatic nitrogens is 3. The highest BCUT2D eigenvalue weighted by atomic mass is 79.9. The number of hydrogen-bond donors (Lipinski definition) is 1. The molecule has 0 bridgehead atoms. The van der Waals surface area contributed by atoms with Crippen LogP contribution in [0.2, 0.25) is 0 Å². The molecule has 0 saturated heterocycles. The minimum absolute atomic E-state index is 0.0963. The monoisotopic (exact) mass is 434 g/mol. The van der Waals surface area contributed by atoms with Crippen LogP contribution in [0, 0.1) is 6.92 Å². The van der Waals surface area contributed by atoms with E-state index in [2.05, 4.69) is 31.3 Å². The molecular weight excluding hydrogens is 420 g/mol. The van der Waals surface area contributed by atoms with Crippen molar-refractivity contribution in [3.05, 3.63) is 64.7 Å². The van der Waals surface area contributed by atoms with Crippen molar-refractivity contribution in [1.29, 1.82) is 0 Å². The molecule has 1 heterocycles. The first kappa shape index (κ1) is 18.3. The zero-order valence-corrected chi connectivity index (χ0v) is 16.4. The van der Waals surface area contributed by atoms with Gasteiger partial charge in [-0.15, -0.1) is 0 Å². The molecule has 0 spiro atoms. The number of carbonyl (C=O) groups excluding carboxylic acids is 1.